The molecule has 96 valence electrons. The highest BCUT2D eigenvalue weighted by Gasteiger charge is 2.12. The summed E-state index contributed by atoms with van der Waals surface area (Å²) in [4.78, 5) is 0. The van der Waals surface area contributed by atoms with Gasteiger partial charge in [-0.25, -0.2) is 0 Å². The maximum atomic E-state index is 5.86. The van der Waals surface area contributed by atoms with Gasteiger partial charge in [0, 0.05) is 18.7 Å². The van der Waals surface area contributed by atoms with E-state index in [-0.39, 0.29) is 0 Å². The van der Waals surface area contributed by atoms with Gasteiger partial charge in [0.1, 0.15) is 5.82 Å². The third-order valence-corrected chi connectivity index (χ3v) is 4.20. The fraction of sp³-hybridized carbons (Fsp3) is 0.385. The van der Waals surface area contributed by atoms with Gasteiger partial charge in [-0.1, -0.05) is 42.1 Å². The Balaban J connectivity index is 2.02. The molecule has 18 heavy (non-hydrogen) atoms. The van der Waals surface area contributed by atoms with Gasteiger partial charge in [-0.05, 0) is 19.0 Å². The normalized spacial score (nSPS) is 12.6. The van der Waals surface area contributed by atoms with Crippen molar-refractivity contribution in [1.82, 2.24) is 14.8 Å². The van der Waals surface area contributed by atoms with Gasteiger partial charge < -0.3 is 10.3 Å². The average molecular weight is 262 g/mol. The highest BCUT2D eigenvalue weighted by atomic mass is 32.2. The van der Waals surface area contributed by atoms with E-state index in [0.29, 0.717) is 12.5 Å². The molecule has 0 amide bonds. The van der Waals surface area contributed by atoms with E-state index in [1.165, 1.54) is 5.56 Å². The van der Waals surface area contributed by atoms with Crippen LogP contribution in [0, 0.1) is 6.92 Å². The molecule has 1 heterocycles. The zero-order valence-corrected chi connectivity index (χ0v) is 11.5. The summed E-state index contributed by atoms with van der Waals surface area (Å²) in [5.74, 6) is 2.21. The zero-order valence-electron chi connectivity index (χ0n) is 10.7. The number of thioether (sulfide) groups is 1. The van der Waals surface area contributed by atoms with Crippen LogP contribution in [0.25, 0.3) is 0 Å². The minimum Gasteiger partial charge on any atom is -0.330 e. The number of benzene rings is 1. The van der Waals surface area contributed by atoms with Gasteiger partial charge in [-0.3, -0.25) is 0 Å². The number of aromatic nitrogens is 3. The first-order valence-corrected chi connectivity index (χ1v) is 6.94. The molecule has 0 aliphatic rings. The third-order valence-electron chi connectivity index (χ3n) is 3.02. The second-order valence-electron chi connectivity index (χ2n) is 4.24. The van der Waals surface area contributed by atoms with E-state index in [1.54, 1.807) is 11.8 Å². The van der Waals surface area contributed by atoms with Crippen LogP contribution in [0.4, 0.5) is 0 Å². The number of nitrogens with two attached hydrogens (primary N) is 1. The molecule has 0 saturated heterocycles. The Bertz CT molecular complexity index is 495. The maximum Gasteiger partial charge on any atom is 0.190 e. The first kappa shape index (κ1) is 13.1. The molecule has 0 bridgehead atoms. The van der Waals surface area contributed by atoms with Crippen LogP contribution in [-0.4, -0.2) is 27.1 Å². The van der Waals surface area contributed by atoms with Gasteiger partial charge in [0.15, 0.2) is 5.16 Å². The molecule has 0 saturated carbocycles. The first-order chi connectivity index (χ1) is 8.72. The molecule has 2 aromatic rings. The Morgan fingerprint density at radius 3 is 2.56 bits per heavy atom. The minimum atomic E-state index is 0.355. The number of nitrogens with zero attached hydrogens (tertiary/aromatic N) is 3. The van der Waals surface area contributed by atoms with E-state index in [2.05, 4.69) is 34.5 Å². The Hall–Kier alpha value is -1.33. The Morgan fingerprint density at radius 2 is 2.00 bits per heavy atom. The molecule has 1 atom stereocenters. The SMILES string of the molecule is Cc1nnc(SCC(CN)c2ccccc2)n1C. The molecule has 1 aromatic carbocycles. The zero-order chi connectivity index (χ0) is 13.0. The molecule has 0 radical (unpaired) electrons. The highest BCUT2D eigenvalue weighted by molar-refractivity contribution is 7.99. The lowest BCUT2D eigenvalue weighted by molar-refractivity contribution is 0.752. The molecule has 1 aromatic heterocycles. The van der Waals surface area contributed by atoms with Crippen LogP contribution in [0.2, 0.25) is 0 Å². The standard InChI is InChI=1S/C13H18N4S/c1-10-15-16-13(17(10)2)18-9-12(8-14)11-6-4-3-5-7-11/h3-7,12H,8-9,14H2,1-2H3. The summed E-state index contributed by atoms with van der Waals surface area (Å²) in [6.07, 6.45) is 0. The van der Waals surface area contributed by atoms with Crippen molar-refractivity contribution >= 4 is 11.8 Å². The van der Waals surface area contributed by atoms with Crippen LogP contribution in [0.3, 0.4) is 0 Å². The fourth-order valence-electron chi connectivity index (χ4n) is 1.71. The van der Waals surface area contributed by atoms with Gasteiger partial charge >= 0.3 is 0 Å². The summed E-state index contributed by atoms with van der Waals surface area (Å²) in [7, 11) is 1.98. The van der Waals surface area contributed by atoms with Crippen molar-refractivity contribution in [3.8, 4) is 0 Å². The van der Waals surface area contributed by atoms with Crippen molar-refractivity contribution in [3.05, 3.63) is 41.7 Å². The monoisotopic (exact) mass is 262 g/mol. The lowest BCUT2D eigenvalue weighted by Gasteiger charge is -2.14. The first-order valence-electron chi connectivity index (χ1n) is 5.96. The van der Waals surface area contributed by atoms with Crippen molar-refractivity contribution in [2.75, 3.05) is 12.3 Å². The molecular weight excluding hydrogens is 244 g/mol. The molecular formula is C13H18N4S. The number of hydrogen-bond donors (Lipinski definition) is 1. The van der Waals surface area contributed by atoms with Crippen LogP contribution in [0.5, 0.6) is 0 Å². The van der Waals surface area contributed by atoms with Crippen LogP contribution in [-0.2, 0) is 7.05 Å². The average Bonchev–Trinajstić information content (AvgIpc) is 2.72. The smallest absolute Gasteiger partial charge is 0.190 e. The van der Waals surface area contributed by atoms with Crippen LogP contribution < -0.4 is 5.73 Å². The van der Waals surface area contributed by atoms with E-state index in [1.807, 2.05) is 24.6 Å². The van der Waals surface area contributed by atoms with Crippen LogP contribution in [0.15, 0.2) is 35.5 Å². The fourth-order valence-corrected chi connectivity index (χ4v) is 2.82. The molecule has 5 heteroatoms. The minimum absolute atomic E-state index is 0.355. The number of aryl methyl sites for hydroxylation is 1. The summed E-state index contributed by atoms with van der Waals surface area (Å²) >= 11 is 1.70. The second-order valence-corrected chi connectivity index (χ2v) is 5.23. The van der Waals surface area contributed by atoms with Crippen LogP contribution >= 0.6 is 11.8 Å². The largest absolute Gasteiger partial charge is 0.330 e. The van der Waals surface area contributed by atoms with E-state index in [0.717, 1.165) is 16.7 Å². The second kappa shape index (κ2) is 6.02. The summed E-state index contributed by atoms with van der Waals surface area (Å²) in [5.41, 5.74) is 7.14. The Morgan fingerprint density at radius 1 is 1.28 bits per heavy atom. The van der Waals surface area contributed by atoms with E-state index in [9.17, 15) is 0 Å². The molecule has 0 spiro atoms. The molecule has 2 rings (SSSR count). The lowest BCUT2D eigenvalue weighted by Crippen LogP contribution is -2.15. The maximum absolute atomic E-state index is 5.86. The van der Waals surface area contributed by atoms with Crippen molar-refractivity contribution in [1.29, 1.82) is 0 Å². The summed E-state index contributed by atoms with van der Waals surface area (Å²) < 4.78 is 2.00. The quantitative estimate of drug-likeness (QED) is 0.837. The topological polar surface area (TPSA) is 56.7 Å². The predicted molar refractivity (Wildman–Crippen MR) is 74.7 cm³/mol. The Labute approximate surface area is 112 Å². The summed E-state index contributed by atoms with van der Waals surface area (Å²) in [6, 6.07) is 10.4. The molecule has 2 N–H and O–H groups in total. The predicted octanol–water partition coefficient (Wildman–Crippen LogP) is 1.96. The Kier molecular flexibility index (Phi) is 4.38. The van der Waals surface area contributed by atoms with E-state index >= 15 is 0 Å². The van der Waals surface area contributed by atoms with Gasteiger partial charge in [0.05, 0.1) is 0 Å². The van der Waals surface area contributed by atoms with Crippen LogP contribution in [0.1, 0.15) is 17.3 Å². The molecule has 0 aliphatic carbocycles. The molecule has 0 fully saturated rings. The highest BCUT2D eigenvalue weighted by Crippen LogP contribution is 2.24. The van der Waals surface area contributed by atoms with E-state index < -0.39 is 0 Å². The lowest BCUT2D eigenvalue weighted by atomic mass is 10.0. The van der Waals surface area contributed by atoms with Crippen molar-refractivity contribution in [2.24, 2.45) is 12.8 Å². The number of hydrogen-bond acceptors (Lipinski definition) is 4. The van der Waals surface area contributed by atoms with Crippen molar-refractivity contribution in [2.45, 2.75) is 18.0 Å². The van der Waals surface area contributed by atoms with Gasteiger partial charge in [0.25, 0.3) is 0 Å². The molecule has 4 nitrogen and oxygen atoms in total. The van der Waals surface area contributed by atoms with Crippen molar-refractivity contribution in [3.63, 3.8) is 0 Å². The van der Waals surface area contributed by atoms with Gasteiger partial charge in [-0.2, -0.15) is 0 Å². The summed E-state index contributed by atoms with van der Waals surface area (Å²) in [6.45, 7) is 2.60. The van der Waals surface area contributed by atoms with Gasteiger partial charge in [-0.15, -0.1) is 10.2 Å². The summed E-state index contributed by atoms with van der Waals surface area (Å²) in [5, 5.41) is 9.15. The van der Waals surface area contributed by atoms with E-state index in [4.69, 9.17) is 5.73 Å². The number of rotatable bonds is 5. The third kappa shape index (κ3) is 2.91. The van der Waals surface area contributed by atoms with Gasteiger partial charge in [0.2, 0.25) is 0 Å². The van der Waals surface area contributed by atoms with Crippen molar-refractivity contribution < 1.29 is 0 Å². The molecule has 1 unspecified atom stereocenters. The molecule has 0 aliphatic heterocycles.